The summed E-state index contributed by atoms with van der Waals surface area (Å²) < 4.78 is 29.2. The lowest BCUT2D eigenvalue weighted by molar-refractivity contribution is 0.470. The highest BCUT2D eigenvalue weighted by atomic mass is 32.2. The molecule has 0 aromatic carbocycles. The summed E-state index contributed by atoms with van der Waals surface area (Å²) in [5, 5.41) is 3.21. The molecule has 0 radical (unpaired) electrons. The molecule has 0 aliphatic heterocycles. The third-order valence-corrected chi connectivity index (χ3v) is 2.87. The largest absolute Gasteiger partial charge is 0.314 e. The molecule has 0 aromatic heterocycles. The Kier molecular flexibility index (Phi) is 7.13. The second-order valence-corrected chi connectivity index (χ2v) is 5.21. The number of hydrogen-bond donors (Lipinski definition) is 2. The maximum atomic E-state index is 10.4. The number of nitrogens with one attached hydrogen (secondary N) is 1. The highest BCUT2D eigenvalue weighted by molar-refractivity contribution is 7.85. The van der Waals surface area contributed by atoms with Crippen molar-refractivity contribution >= 4 is 10.1 Å². The fourth-order valence-corrected chi connectivity index (χ4v) is 1.72. The van der Waals surface area contributed by atoms with Crippen LogP contribution in [0.15, 0.2) is 0 Å². The minimum Gasteiger partial charge on any atom is -0.314 e. The Morgan fingerprint density at radius 3 is 2.50 bits per heavy atom. The SMILES string of the molecule is CCCC[C@@H](C)NCCCS(=O)(=O)O. The molecule has 0 heterocycles. The van der Waals surface area contributed by atoms with Crippen LogP contribution in [0.3, 0.4) is 0 Å². The van der Waals surface area contributed by atoms with Crippen LogP contribution in [0, 0.1) is 0 Å². The summed E-state index contributed by atoms with van der Waals surface area (Å²) in [6, 6.07) is 0.427. The third-order valence-electron chi connectivity index (χ3n) is 2.06. The minimum absolute atomic E-state index is 0.152. The van der Waals surface area contributed by atoms with E-state index < -0.39 is 10.1 Å². The van der Waals surface area contributed by atoms with Gasteiger partial charge in [-0.2, -0.15) is 8.42 Å². The van der Waals surface area contributed by atoms with E-state index in [1.54, 1.807) is 0 Å². The summed E-state index contributed by atoms with van der Waals surface area (Å²) in [5.74, 6) is -0.152. The average molecular weight is 223 g/mol. The van der Waals surface area contributed by atoms with Crippen molar-refractivity contribution in [2.75, 3.05) is 12.3 Å². The second-order valence-electron chi connectivity index (χ2n) is 3.64. The van der Waals surface area contributed by atoms with Crippen LogP contribution in [0.1, 0.15) is 39.5 Å². The molecule has 0 aromatic rings. The fraction of sp³-hybridized carbons (Fsp3) is 1.00. The molecule has 14 heavy (non-hydrogen) atoms. The maximum absolute atomic E-state index is 10.4. The summed E-state index contributed by atoms with van der Waals surface area (Å²) in [4.78, 5) is 0. The molecule has 0 rings (SSSR count). The predicted molar refractivity (Wildman–Crippen MR) is 58.0 cm³/mol. The molecule has 0 saturated carbocycles. The predicted octanol–water partition coefficient (Wildman–Crippen LogP) is 1.43. The first-order valence-electron chi connectivity index (χ1n) is 5.14. The second kappa shape index (κ2) is 7.20. The molecule has 4 nitrogen and oxygen atoms in total. The minimum atomic E-state index is -3.78. The van der Waals surface area contributed by atoms with Gasteiger partial charge in [0.1, 0.15) is 0 Å². The zero-order valence-corrected chi connectivity index (χ0v) is 9.81. The van der Waals surface area contributed by atoms with Gasteiger partial charge in [0.25, 0.3) is 10.1 Å². The van der Waals surface area contributed by atoms with Gasteiger partial charge in [0.2, 0.25) is 0 Å². The molecule has 0 unspecified atom stereocenters. The molecular weight excluding hydrogens is 202 g/mol. The van der Waals surface area contributed by atoms with Crippen LogP contribution in [-0.4, -0.2) is 31.3 Å². The van der Waals surface area contributed by atoms with Crippen molar-refractivity contribution in [1.29, 1.82) is 0 Å². The zero-order chi connectivity index (χ0) is 11.0. The van der Waals surface area contributed by atoms with E-state index in [-0.39, 0.29) is 5.75 Å². The van der Waals surface area contributed by atoms with E-state index in [9.17, 15) is 8.42 Å². The van der Waals surface area contributed by atoms with Gasteiger partial charge in [-0.05, 0) is 26.3 Å². The van der Waals surface area contributed by atoms with Crippen LogP contribution in [0.4, 0.5) is 0 Å². The summed E-state index contributed by atoms with van der Waals surface area (Å²) in [6.45, 7) is 4.87. The zero-order valence-electron chi connectivity index (χ0n) is 8.99. The molecule has 2 N–H and O–H groups in total. The quantitative estimate of drug-likeness (QED) is 0.482. The normalized spacial score (nSPS) is 14.2. The van der Waals surface area contributed by atoms with Gasteiger partial charge in [-0.1, -0.05) is 19.8 Å². The van der Waals surface area contributed by atoms with Crippen LogP contribution >= 0.6 is 0 Å². The Morgan fingerprint density at radius 1 is 1.36 bits per heavy atom. The highest BCUT2D eigenvalue weighted by Gasteiger charge is 2.04. The maximum Gasteiger partial charge on any atom is 0.264 e. The first-order valence-corrected chi connectivity index (χ1v) is 6.75. The molecule has 0 spiro atoms. The van der Waals surface area contributed by atoms with Gasteiger partial charge in [-0.25, -0.2) is 0 Å². The van der Waals surface area contributed by atoms with E-state index in [1.165, 1.54) is 12.8 Å². The van der Waals surface area contributed by atoms with Gasteiger partial charge in [-0.15, -0.1) is 0 Å². The van der Waals surface area contributed by atoms with Crippen LogP contribution < -0.4 is 5.32 Å². The van der Waals surface area contributed by atoms with Gasteiger partial charge in [0.15, 0.2) is 0 Å². The molecule has 0 fully saturated rings. The third kappa shape index (κ3) is 9.95. The van der Waals surface area contributed by atoms with Crippen molar-refractivity contribution in [2.45, 2.75) is 45.6 Å². The van der Waals surface area contributed by atoms with Gasteiger partial charge in [0.05, 0.1) is 5.75 Å². The molecule has 0 aliphatic rings. The smallest absolute Gasteiger partial charge is 0.264 e. The lowest BCUT2D eigenvalue weighted by Gasteiger charge is -2.12. The molecule has 5 heteroatoms. The fourth-order valence-electron chi connectivity index (χ4n) is 1.22. The lowest BCUT2D eigenvalue weighted by atomic mass is 10.1. The van der Waals surface area contributed by atoms with Crippen LogP contribution in [0.25, 0.3) is 0 Å². The number of hydrogen-bond acceptors (Lipinski definition) is 3. The molecule has 0 amide bonds. The van der Waals surface area contributed by atoms with Crippen molar-refractivity contribution < 1.29 is 13.0 Å². The highest BCUT2D eigenvalue weighted by Crippen LogP contribution is 1.99. The van der Waals surface area contributed by atoms with Crippen LogP contribution in [0.5, 0.6) is 0 Å². The molecular formula is C9H21NO3S. The Bertz CT molecular complexity index is 226. The Hall–Kier alpha value is -0.130. The Morgan fingerprint density at radius 2 is 2.00 bits per heavy atom. The number of rotatable bonds is 8. The molecule has 0 saturated heterocycles. The molecule has 0 aliphatic carbocycles. The van der Waals surface area contributed by atoms with E-state index in [2.05, 4.69) is 19.2 Å². The van der Waals surface area contributed by atoms with Gasteiger partial charge < -0.3 is 5.32 Å². The summed E-state index contributed by atoms with van der Waals surface area (Å²) in [7, 11) is -3.78. The summed E-state index contributed by atoms with van der Waals surface area (Å²) >= 11 is 0. The Balaban J connectivity index is 3.36. The van der Waals surface area contributed by atoms with E-state index in [0.717, 1.165) is 6.42 Å². The lowest BCUT2D eigenvalue weighted by Crippen LogP contribution is -2.28. The Labute approximate surface area is 86.8 Å². The van der Waals surface area contributed by atoms with E-state index >= 15 is 0 Å². The van der Waals surface area contributed by atoms with Crippen LogP contribution in [-0.2, 0) is 10.1 Å². The molecule has 0 bridgehead atoms. The van der Waals surface area contributed by atoms with Gasteiger partial charge in [0, 0.05) is 6.04 Å². The topological polar surface area (TPSA) is 66.4 Å². The standard InChI is InChI=1S/C9H21NO3S/c1-3-4-6-9(2)10-7-5-8-14(11,12)13/h9-10H,3-8H2,1-2H3,(H,11,12,13)/t9-/m1/s1. The van der Waals surface area contributed by atoms with E-state index in [4.69, 9.17) is 4.55 Å². The molecule has 86 valence electrons. The monoisotopic (exact) mass is 223 g/mol. The summed E-state index contributed by atoms with van der Waals surface area (Å²) in [6.07, 6.45) is 3.95. The van der Waals surface area contributed by atoms with Gasteiger partial charge >= 0.3 is 0 Å². The molecule has 1 atom stereocenters. The van der Waals surface area contributed by atoms with Crippen molar-refractivity contribution in [1.82, 2.24) is 5.32 Å². The van der Waals surface area contributed by atoms with E-state index in [0.29, 0.717) is 19.0 Å². The van der Waals surface area contributed by atoms with Crippen molar-refractivity contribution in [3.8, 4) is 0 Å². The van der Waals surface area contributed by atoms with Crippen molar-refractivity contribution in [3.05, 3.63) is 0 Å². The van der Waals surface area contributed by atoms with Crippen LogP contribution in [0.2, 0.25) is 0 Å². The van der Waals surface area contributed by atoms with Gasteiger partial charge in [-0.3, -0.25) is 4.55 Å². The first-order chi connectivity index (χ1) is 6.45. The van der Waals surface area contributed by atoms with Crippen molar-refractivity contribution in [3.63, 3.8) is 0 Å². The van der Waals surface area contributed by atoms with E-state index in [1.807, 2.05) is 0 Å². The number of unbranched alkanes of at least 4 members (excludes halogenated alkanes) is 1. The summed E-state index contributed by atoms with van der Waals surface area (Å²) in [5.41, 5.74) is 0. The average Bonchev–Trinajstić information content (AvgIpc) is 2.07. The first kappa shape index (κ1) is 13.9. The van der Waals surface area contributed by atoms with Crippen molar-refractivity contribution in [2.24, 2.45) is 0 Å².